The Hall–Kier alpha value is -6.62. The van der Waals surface area contributed by atoms with Crippen LogP contribution >= 0.6 is 11.3 Å². The second-order valence-corrected chi connectivity index (χ2v) is 14.1. The monoisotopic (exact) mass is 681 g/mol. The Balaban J connectivity index is 1.08. The van der Waals surface area contributed by atoms with Gasteiger partial charge in [-0.1, -0.05) is 164 Å². The molecule has 0 aliphatic heterocycles. The summed E-state index contributed by atoms with van der Waals surface area (Å²) in [6.45, 7) is 0. The number of benzene rings is 7. The zero-order valence-corrected chi connectivity index (χ0v) is 29.0. The Morgan fingerprint density at radius 1 is 0.365 bits per heavy atom. The summed E-state index contributed by atoms with van der Waals surface area (Å²) < 4.78 is 3.70. The molecule has 52 heavy (non-hydrogen) atoms. The maximum absolute atomic E-state index is 5.17. The molecule has 3 nitrogen and oxygen atoms in total. The highest BCUT2D eigenvalue weighted by molar-refractivity contribution is 7.24. The van der Waals surface area contributed by atoms with E-state index in [0.717, 1.165) is 28.1 Å². The molecular formula is C48H31N3S. The number of hydrogen-bond donors (Lipinski definition) is 0. The third-order valence-electron chi connectivity index (χ3n) is 9.88. The Kier molecular flexibility index (Phi) is 7.33. The van der Waals surface area contributed by atoms with Gasteiger partial charge in [-0.15, -0.1) is 11.3 Å². The topological polar surface area (TPSA) is 30.2 Å². The first-order chi connectivity index (χ1) is 25.8. The van der Waals surface area contributed by atoms with Crippen LogP contribution in [-0.2, 0) is 0 Å². The van der Waals surface area contributed by atoms with Crippen molar-refractivity contribution in [1.29, 1.82) is 0 Å². The number of hydrogen-bond acceptors (Lipinski definition) is 3. The number of para-hydroxylation sites is 2. The lowest BCUT2D eigenvalue weighted by atomic mass is 10.00. The minimum atomic E-state index is 0.703. The van der Waals surface area contributed by atoms with Gasteiger partial charge in [0, 0.05) is 27.6 Å². The fourth-order valence-corrected chi connectivity index (χ4v) is 8.49. The van der Waals surface area contributed by atoms with Crippen LogP contribution in [0.5, 0.6) is 0 Å². The minimum Gasteiger partial charge on any atom is -0.299 e. The number of thiazole rings is 1. The van der Waals surface area contributed by atoms with Crippen LogP contribution in [-0.4, -0.2) is 14.4 Å². The molecule has 3 aromatic heterocycles. The highest BCUT2D eigenvalue weighted by atomic mass is 32.1. The van der Waals surface area contributed by atoms with Crippen molar-refractivity contribution in [2.75, 3.05) is 0 Å². The molecule has 0 aliphatic rings. The molecule has 244 valence electrons. The van der Waals surface area contributed by atoms with Gasteiger partial charge in [0.1, 0.15) is 4.83 Å². The maximum atomic E-state index is 5.17. The van der Waals surface area contributed by atoms with Crippen molar-refractivity contribution in [1.82, 2.24) is 14.4 Å². The van der Waals surface area contributed by atoms with Crippen molar-refractivity contribution < 1.29 is 0 Å². The van der Waals surface area contributed by atoms with E-state index in [0.29, 0.717) is 5.82 Å². The van der Waals surface area contributed by atoms with Crippen LogP contribution in [0.1, 0.15) is 0 Å². The zero-order chi connectivity index (χ0) is 34.4. The lowest BCUT2D eigenvalue weighted by Crippen LogP contribution is -1.96. The SMILES string of the molecule is c1ccc(-c2ccc(-c3cc(-c4ccc(-c5c6ccccc6n6c5sc5ccccc56)cc4)nc(-c4ccc(-c5ccccc5)cc4)n3)cc2)cc1. The Morgan fingerprint density at radius 3 is 1.40 bits per heavy atom. The average Bonchev–Trinajstić information content (AvgIpc) is 3.76. The van der Waals surface area contributed by atoms with Crippen molar-refractivity contribution in [2.24, 2.45) is 0 Å². The van der Waals surface area contributed by atoms with Crippen LogP contribution in [0.15, 0.2) is 188 Å². The summed E-state index contributed by atoms with van der Waals surface area (Å²) in [7, 11) is 0. The summed E-state index contributed by atoms with van der Waals surface area (Å²) in [6.07, 6.45) is 0. The van der Waals surface area contributed by atoms with Gasteiger partial charge in [-0.3, -0.25) is 4.40 Å². The Bertz CT molecular complexity index is 2750. The molecule has 0 spiro atoms. The number of aromatic nitrogens is 3. The first-order valence-electron chi connectivity index (χ1n) is 17.5. The van der Waals surface area contributed by atoms with Crippen LogP contribution < -0.4 is 0 Å². The number of fused-ring (bicyclic) bond motifs is 5. The van der Waals surface area contributed by atoms with E-state index in [4.69, 9.17) is 9.97 Å². The molecule has 10 rings (SSSR count). The summed E-state index contributed by atoms with van der Waals surface area (Å²) in [5, 5.41) is 1.26. The molecule has 10 aromatic rings. The largest absolute Gasteiger partial charge is 0.299 e. The molecule has 4 heteroatoms. The highest BCUT2D eigenvalue weighted by Crippen LogP contribution is 2.42. The summed E-state index contributed by atoms with van der Waals surface area (Å²) >= 11 is 1.85. The first kappa shape index (κ1) is 30.2. The molecule has 0 atom stereocenters. The molecule has 7 aromatic carbocycles. The smallest absolute Gasteiger partial charge is 0.160 e. The average molecular weight is 682 g/mol. The standard InChI is InChI=1S/C48H31N3S/c1-3-11-32(12-4-1)34-19-23-36(24-20-34)41-31-42(50-47(49-41)39-29-21-35(22-30-39)33-13-5-2-6-14-33)37-25-27-38(28-26-37)46-40-15-7-8-16-43(40)51-44-17-9-10-18-45(44)52-48(46)51/h1-31H. The van der Waals surface area contributed by atoms with E-state index in [9.17, 15) is 0 Å². The summed E-state index contributed by atoms with van der Waals surface area (Å²) in [6, 6.07) is 66.6. The van der Waals surface area contributed by atoms with E-state index >= 15 is 0 Å². The molecule has 0 aliphatic carbocycles. The van der Waals surface area contributed by atoms with Gasteiger partial charge in [0.25, 0.3) is 0 Å². The van der Waals surface area contributed by atoms with E-state index in [1.165, 1.54) is 59.3 Å². The van der Waals surface area contributed by atoms with Crippen molar-refractivity contribution in [3.63, 3.8) is 0 Å². The molecule has 0 amide bonds. The molecule has 0 radical (unpaired) electrons. The van der Waals surface area contributed by atoms with Gasteiger partial charge < -0.3 is 0 Å². The van der Waals surface area contributed by atoms with Crippen molar-refractivity contribution in [3.8, 4) is 67.3 Å². The summed E-state index contributed by atoms with van der Waals surface area (Å²) in [5.74, 6) is 0.703. The van der Waals surface area contributed by atoms with E-state index in [-0.39, 0.29) is 0 Å². The lowest BCUT2D eigenvalue weighted by Gasteiger charge is -2.11. The lowest BCUT2D eigenvalue weighted by molar-refractivity contribution is 1.18. The third kappa shape index (κ3) is 5.29. The molecule has 0 saturated heterocycles. The number of nitrogens with zero attached hydrogens (tertiary/aromatic N) is 3. The quantitative estimate of drug-likeness (QED) is 0.175. The van der Waals surface area contributed by atoms with E-state index < -0.39 is 0 Å². The Labute approximate surface area is 305 Å². The van der Waals surface area contributed by atoms with Crippen molar-refractivity contribution in [3.05, 3.63) is 188 Å². The number of rotatable bonds is 6. The predicted molar refractivity (Wildman–Crippen MR) is 218 cm³/mol. The van der Waals surface area contributed by atoms with Gasteiger partial charge in [-0.25, -0.2) is 9.97 Å². The van der Waals surface area contributed by atoms with E-state index in [1.54, 1.807) is 0 Å². The molecule has 0 unspecified atom stereocenters. The first-order valence-corrected chi connectivity index (χ1v) is 18.3. The second-order valence-electron chi connectivity index (χ2n) is 13.0. The van der Waals surface area contributed by atoms with Crippen LogP contribution in [0.3, 0.4) is 0 Å². The van der Waals surface area contributed by atoms with Gasteiger partial charge >= 0.3 is 0 Å². The molecular weight excluding hydrogens is 651 g/mol. The Morgan fingerprint density at radius 2 is 0.808 bits per heavy atom. The predicted octanol–water partition coefficient (Wildman–Crippen LogP) is 13.1. The van der Waals surface area contributed by atoms with Crippen molar-refractivity contribution >= 4 is 37.3 Å². The van der Waals surface area contributed by atoms with Crippen LogP contribution in [0.2, 0.25) is 0 Å². The van der Waals surface area contributed by atoms with Gasteiger partial charge in [0.2, 0.25) is 0 Å². The fraction of sp³-hybridized carbons (Fsp3) is 0. The van der Waals surface area contributed by atoms with Gasteiger partial charge in [-0.2, -0.15) is 0 Å². The van der Waals surface area contributed by atoms with Gasteiger partial charge in [0.15, 0.2) is 5.82 Å². The van der Waals surface area contributed by atoms with Crippen LogP contribution in [0, 0.1) is 0 Å². The molecule has 3 heterocycles. The highest BCUT2D eigenvalue weighted by Gasteiger charge is 2.18. The normalized spacial score (nSPS) is 11.5. The summed E-state index contributed by atoms with van der Waals surface area (Å²) in [4.78, 5) is 11.6. The van der Waals surface area contributed by atoms with Gasteiger partial charge in [0.05, 0.1) is 27.1 Å². The van der Waals surface area contributed by atoms with E-state index in [1.807, 2.05) is 23.5 Å². The van der Waals surface area contributed by atoms with Crippen LogP contribution in [0.4, 0.5) is 0 Å². The van der Waals surface area contributed by atoms with Crippen LogP contribution in [0.25, 0.3) is 93.2 Å². The molecule has 0 fully saturated rings. The molecule has 0 N–H and O–H groups in total. The maximum Gasteiger partial charge on any atom is 0.160 e. The van der Waals surface area contributed by atoms with Crippen molar-refractivity contribution in [2.45, 2.75) is 0 Å². The second kappa shape index (κ2) is 12.6. The molecule has 0 bridgehead atoms. The third-order valence-corrected chi connectivity index (χ3v) is 11.0. The van der Waals surface area contributed by atoms with E-state index in [2.05, 4.69) is 180 Å². The zero-order valence-electron chi connectivity index (χ0n) is 28.1. The minimum absolute atomic E-state index is 0.703. The van der Waals surface area contributed by atoms with Gasteiger partial charge in [-0.05, 0) is 52.1 Å². The summed E-state index contributed by atoms with van der Waals surface area (Å²) in [5.41, 5.74) is 14.5. The fourth-order valence-electron chi connectivity index (χ4n) is 7.25. The molecule has 0 saturated carbocycles.